The van der Waals surface area contributed by atoms with Crippen molar-refractivity contribution in [3.63, 3.8) is 0 Å². The highest BCUT2D eigenvalue weighted by atomic mass is 35.5. The summed E-state index contributed by atoms with van der Waals surface area (Å²) in [4.78, 5) is 1.43. The van der Waals surface area contributed by atoms with E-state index in [9.17, 15) is 0 Å². The van der Waals surface area contributed by atoms with Gasteiger partial charge in [0.15, 0.2) is 0 Å². The van der Waals surface area contributed by atoms with Crippen LogP contribution in [0.3, 0.4) is 0 Å². The monoisotopic (exact) mass is 228 g/mol. The average Bonchev–Trinajstić information content (AvgIpc) is 2.76. The molecule has 1 atom stereocenters. The first-order valence-electron chi connectivity index (χ1n) is 5.51. The van der Waals surface area contributed by atoms with E-state index in [0.29, 0.717) is 5.38 Å². The highest BCUT2D eigenvalue weighted by Gasteiger charge is 2.19. The molecular weight excluding hydrogens is 212 g/mol. The number of halogens is 1. The second kappa shape index (κ2) is 5.18. The van der Waals surface area contributed by atoms with Crippen molar-refractivity contribution in [3.05, 3.63) is 22.4 Å². The van der Waals surface area contributed by atoms with Crippen molar-refractivity contribution >= 4 is 22.9 Å². The van der Waals surface area contributed by atoms with Crippen molar-refractivity contribution in [1.82, 2.24) is 0 Å². The molecule has 1 aromatic heterocycles. The molecule has 14 heavy (non-hydrogen) atoms. The maximum absolute atomic E-state index is 6.36. The Balaban J connectivity index is 1.75. The van der Waals surface area contributed by atoms with Gasteiger partial charge >= 0.3 is 0 Å². The van der Waals surface area contributed by atoms with Crippen LogP contribution in [-0.4, -0.2) is 5.38 Å². The molecule has 0 N–H and O–H groups in total. The Kier molecular flexibility index (Phi) is 3.89. The zero-order chi connectivity index (χ0) is 9.80. The Morgan fingerprint density at radius 2 is 2.21 bits per heavy atom. The lowest BCUT2D eigenvalue weighted by Gasteiger charge is -2.13. The molecule has 2 rings (SSSR count). The van der Waals surface area contributed by atoms with E-state index in [1.165, 1.54) is 37.0 Å². The van der Waals surface area contributed by atoms with Gasteiger partial charge in [0.25, 0.3) is 0 Å². The molecule has 0 amide bonds. The van der Waals surface area contributed by atoms with E-state index < -0.39 is 0 Å². The second-order valence-electron chi connectivity index (χ2n) is 4.27. The molecule has 0 saturated heterocycles. The number of hydrogen-bond acceptors (Lipinski definition) is 1. The van der Waals surface area contributed by atoms with E-state index in [1.54, 1.807) is 0 Å². The molecule has 1 aliphatic rings. The normalized spacial score (nSPS) is 20.1. The van der Waals surface area contributed by atoms with Crippen LogP contribution in [0.2, 0.25) is 0 Å². The van der Waals surface area contributed by atoms with Crippen LogP contribution in [0.4, 0.5) is 0 Å². The average molecular weight is 229 g/mol. The van der Waals surface area contributed by atoms with Gasteiger partial charge in [0.2, 0.25) is 0 Å². The minimum atomic E-state index is 0.358. The third-order valence-electron chi connectivity index (χ3n) is 3.07. The van der Waals surface area contributed by atoms with Crippen LogP contribution in [0.25, 0.3) is 0 Å². The van der Waals surface area contributed by atoms with Gasteiger partial charge in [-0.1, -0.05) is 31.7 Å². The summed E-state index contributed by atoms with van der Waals surface area (Å²) >= 11 is 8.18. The van der Waals surface area contributed by atoms with E-state index in [4.69, 9.17) is 11.6 Å². The lowest BCUT2D eigenvalue weighted by Crippen LogP contribution is -2.08. The first kappa shape index (κ1) is 10.5. The van der Waals surface area contributed by atoms with Crippen molar-refractivity contribution in [2.75, 3.05) is 0 Å². The Hall–Kier alpha value is -0.0100. The molecule has 1 aliphatic carbocycles. The third-order valence-corrected chi connectivity index (χ3v) is 4.30. The highest BCUT2D eigenvalue weighted by molar-refractivity contribution is 7.09. The maximum atomic E-state index is 6.36. The summed E-state index contributed by atoms with van der Waals surface area (Å²) in [6.45, 7) is 0. The molecule has 1 aromatic rings. The number of rotatable bonds is 4. The smallest absolute Gasteiger partial charge is 0.0386 e. The third kappa shape index (κ3) is 2.99. The fraction of sp³-hybridized carbons (Fsp3) is 0.667. The molecule has 0 aromatic carbocycles. The Morgan fingerprint density at radius 1 is 1.43 bits per heavy atom. The minimum Gasteiger partial charge on any atom is -0.149 e. The van der Waals surface area contributed by atoms with Crippen molar-refractivity contribution in [3.8, 4) is 0 Å². The predicted molar refractivity (Wildman–Crippen MR) is 64.2 cm³/mol. The van der Waals surface area contributed by atoms with Crippen molar-refractivity contribution in [2.45, 2.75) is 43.9 Å². The number of alkyl halides is 1. The van der Waals surface area contributed by atoms with E-state index in [-0.39, 0.29) is 0 Å². The SMILES string of the molecule is ClC(Cc1cccs1)CC1CCCC1. The lowest BCUT2D eigenvalue weighted by atomic mass is 10.00. The second-order valence-corrected chi connectivity index (χ2v) is 5.92. The Morgan fingerprint density at radius 3 is 2.86 bits per heavy atom. The van der Waals surface area contributed by atoms with E-state index >= 15 is 0 Å². The van der Waals surface area contributed by atoms with Crippen LogP contribution in [0.15, 0.2) is 17.5 Å². The molecule has 0 radical (unpaired) electrons. The van der Waals surface area contributed by atoms with Gasteiger partial charge in [-0.05, 0) is 30.2 Å². The fourth-order valence-corrected chi connectivity index (χ4v) is 3.63. The van der Waals surface area contributed by atoms with Crippen molar-refractivity contribution in [2.24, 2.45) is 5.92 Å². The highest BCUT2D eigenvalue weighted by Crippen LogP contribution is 2.31. The van der Waals surface area contributed by atoms with Gasteiger partial charge in [-0.2, -0.15) is 0 Å². The first-order chi connectivity index (χ1) is 6.84. The summed E-state index contributed by atoms with van der Waals surface area (Å²) in [7, 11) is 0. The topological polar surface area (TPSA) is 0 Å². The fourth-order valence-electron chi connectivity index (χ4n) is 2.34. The van der Waals surface area contributed by atoms with E-state index in [2.05, 4.69) is 17.5 Å². The van der Waals surface area contributed by atoms with Crippen molar-refractivity contribution < 1.29 is 0 Å². The molecule has 1 saturated carbocycles. The quantitative estimate of drug-likeness (QED) is 0.667. The van der Waals surface area contributed by atoms with Gasteiger partial charge in [0.1, 0.15) is 0 Å². The maximum Gasteiger partial charge on any atom is 0.0386 e. The Bertz CT molecular complexity index is 249. The molecule has 1 unspecified atom stereocenters. The van der Waals surface area contributed by atoms with Gasteiger partial charge in [0.05, 0.1) is 0 Å². The van der Waals surface area contributed by atoms with Crippen LogP contribution in [-0.2, 0) is 6.42 Å². The summed E-state index contributed by atoms with van der Waals surface area (Å²) in [5, 5.41) is 2.49. The molecule has 0 bridgehead atoms. The minimum absolute atomic E-state index is 0.358. The molecule has 0 nitrogen and oxygen atoms in total. The van der Waals surface area contributed by atoms with Crippen LogP contribution in [0, 0.1) is 5.92 Å². The molecule has 0 aliphatic heterocycles. The molecule has 0 spiro atoms. The number of hydrogen-bond donors (Lipinski definition) is 0. The Labute approximate surface area is 95.3 Å². The van der Waals surface area contributed by atoms with Crippen molar-refractivity contribution in [1.29, 1.82) is 0 Å². The van der Waals surface area contributed by atoms with Crippen LogP contribution in [0.1, 0.15) is 37.0 Å². The molecule has 1 heterocycles. The molecule has 78 valence electrons. The summed E-state index contributed by atoms with van der Waals surface area (Å²) < 4.78 is 0. The lowest BCUT2D eigenvalue weighted by molar-refractivity contribution is 0.489. The van der Waals surface area contributed by atoms with Gasteiger partial charge < -0.3 is 0 Å². The zero-order valence-corrected chi connectivity index (χ0v) is 9.99. The summed E-state index contributed by atoms with van der Waals surface area (Å²) in [6.07, 6.45) is 7.96. The molecule has 2 heteroatoms. The summed E-state index contributed by atoms with van der Waals surface area (Å²) in [6, 6.07) is 4.30. The van der Waals surface area contributed by atoms with Gasteiger partial charge in [-0.3, -0.25) is 0 Å². The predicted octanol–water partition coefficient (Wildman–Crippen LogP) is 4.48. The van der Waals surface area contributed by atoms with Gasteiger partial charge in [0, 0.05) is 10.3 Å². The van der Waals surface area contributed by atoms with Crippen LogP contribution in [0.5, 0.6) is 0 Å². The molecule has 1 fully saturated rings. The summed E-state index contributed by atoms with van der Waals surface area (Å²) in [5.41, 5.74) is 0. The van der Waals surface area contributed by atoms with Crippen LogP contribution < -0.4 is 0 Å². The van der Waals surface area contributed by atoms with E-state index in [1.807, 2.05) is 11.3 Å². The number of thiophene rings is 1. The molecular formula is C12H17ClS. The standard InChI is InChI=1S/C12H17ClS/c13-11(8-10-4-1-2-5-10)9-12-6-3-7-14-12/h3,6-7,10-11H,1-2,4-5,8-9H2. The van der Waals surface area contributed by atoms with Crippen LogP contribution >= 0.6 is 22.9 Å². The van der Waals surface area contributed by atoms with E-state index in [0.717, 1.165) is 12.3 Å². The summed E-state index contributed by atoms with van der Waals surface area (Å²) in [5.74, 6) is 0.914. The van der Waals surface area contributed by atoms with Gasteiger partial charge in [-0.15, -0.1) is 22.9 Å². The largest absolute Gasteiger partial charge is 0.149 e. The first-order valence-corrected chi connectivity index (χ1v) is 6.82. The zero-order valence-electron chi connectivity index (χ0n) is 8.42. The van der Waals surface area contributed by atoms with Gasteiger partial charge in [-0.25, -0.2) is 0 Å².